The molecule has 2 aromatic carbocycles. The Balaban J connectivity index is 1.51. The van der Waals surface area contributed by atoms with Gasteiger partial charge in [-0.15, -0.1) is 11.3 Å². The Bertz CT molecular complexity index is 1040. The molecule has 4 nitrogen and oxygen atoms in total. The molecular formula is C22H19Cl2N3OS. The van der Waals surface area contributed by atoms with Crippen molar-refractivity contribution < 1.29 is 4.79 Å². The normalized spacial score (nSPS) is 14.2. The van der Waals surface area contributed by atoms with Crippen LogP contribution in [0.2, 0.25) is 10.0 Å². The van der Waals surface area contributed by atoms with E-state index in [0.29, 0.717) is 15.7 Å². The number of nitrogens with zero attached hydrogens (tertiary/aromatic N) is 2. The van der Waals surface area contributed by atoms with Crippen LogP contribution in [0.3, 0.4) is 0 Å². The SMILES string of the molecule is CC1=C(c2ccc(NC(=O)c3c(Cl)cccc3Cl)cc2)CN(c2nccs2)CC1. The van der Waals surface area contributed by atoms with Crippen LogP contribution in [0.4, 0.5) is 10.8 Å². The fraction of sp³-hybridized carbons (Fsp3) is 0.182. The smallest absolute Gasteiger partial charge is 0.258 e. The van der Waals surface area contributed by atoms with Crippen molar-refractivity contribution in [3.8, 4) is 0 Å². The van der Waals surface area contributed by atoms with Crippen LogP contribution in [0.1, 0.15) is 29.3 Å². The fourth-order valence-electron chi connectivity index (χ4n) is 3.39. The van der Waals surface area contributed by atoms with Gasteiger partial charge in [-0.3, -0.25) is 4.79 Å². The van der Waals surface area contributed by atoms with Gasteiger partial charge in [-0.1, -0.05) is 47.0 Å². The molecule has 0 spiro atoms. The van der Waals surface area contributed by atoms with Gasteiger partial charge < -0.3 is 10.2 Å². The first-order chi connectivity index (χ1) is 14.0. The predicted octanol–water partition coefficient (Wildman–Crippen LogP) is 6.39. The Hall–Kier alpha value is -2.34. The molecule has 0 aliphatic carbocycles. The highest BCUT2D eigenvalue weighted by molar-refractivity contribution is 7.13. The number of halogens is 2. The van der Waals surface area contributed by atoms with Gasteiger partial charge in [0.15, 0.2) is 5.13 Å². The molecule has 1 N–H and O–H groups in total. The average Bonchev–Trinajstić information content (AvgIpc) is 3.24. The molecule has 1 aromatic heterocycles. The molecule has 0 unspecified atom stereocenters. The molecule has 1 aliphatic heterocycles. The van der Waals surface area contributed by atoms with Crippen molar-refractivity contribution >= 4 is 56.8 Å². The summed E-state index contributed by atoms with van der Waals surface area (Å²) in [6, 6.07) is 12.9. The van der Waals surface area contributed by atoms with E-state index in [2.05, 4.69) is 22.1 Å². The lowest BCUT2D eigenvalue weighted by atomic mass is 9.95. The Morgan fingerprint density at radius 3 is 2.52 bits per heavy atom. The zero-order chi connectivity index (χ0) is 20.4. The molecular weight excluding hydrogens is 425 g/mol. The van der Waals surface area contributed by atoms with Crippen molar-refractivity contribution in [3.05, 3.63) is 80.8 Å². The van der Waals surface area contributed by atoms with Gasteiger partial charge >= 0.3 is 0 Å². The molecule has 0 saturated heterocycles. The zero-order valence-corrected chi connectivity index (χ0v) is 18.1. The summed E-state index contributed by atoms with van der Waals surface area (Å²) in [4.78, 5) is 19.3. The lowest BCUT2D eigenvalue weighted by molar-refractivity contribution is 0.102. The Kier molecular flexibility index (Phi) is 5.90. The average molecular weight is 444 g/mol. The molecule has 0 bridgehead atoms. The maximum atomic E-state index is 12.6. The van der Waals surface area contributed by atoms with Crippen LogP contribution < -0.4 is 10.2 Å². The topological polar surface area (TPSA) is 45.2 Å². The van der Waals surface area contributed by atoms with E-state index in [1.54, 1.807) is 29.5 Å². The van der Waals surface area contributed by atoms with E-state index in [9.17, 15) is 4.79 Å². The molecule has 0 saturated carbocycles. The number of amides is 1. The number of hydrogen-bond donors (Lipinski definition) is 1. The zero-order valence-electron chi connectivity index (χ0n) is 15.8. The highest BCUT2D eigenvalue weighted by Crippen LogP contribution is 2.31. The molecule has 0 atom stereocenters. The quantitative estimate of drug-likeness (QED) is 0.508. The number of thiazole rings is 1. The van der Waals surface area contributed by atoms with Gasteiger partial charge in [0.2, 0.25) is 0 Å². The number of nitrogens with one attached hydrogen (secondary N) is 1. The molecule has 2 heterocycles. The molecule has 4 rings (SSSR count). The summed E-state index contributed by atoms with van der Waals surface area (Å²) in [6.07, 6.45) is 2.85. The number of rotatable bonds is 4. The third kappa shape index (κ3) is 4.32. The number of benzene rings is 2. The first-order valence-electron chi connectivity index (χ1n) is 9.22. The van der Waals surface area contributed by atoms with Gasteiger partial charge in [-0.2, -0.15) is 0 Å². The molecule has 29 heavy (non-hydrogen) atoms. The standard InChI is InChI=1S/C22H19Cl2N3OS/c1-14-9-11-27(22-25-10-12-29-22)13-17(14)15-5-7-16(8-6-15)26-21(28)20-18(23)3-2-4-19(20)24/h2-8,10,12H,9,11,13H2,1H3,(H,26,28). The summed E-state index contributed by atoms with van der Waals surface area (Å²) in [5, 5.41) is 6.58. The summed E-state index contributed by atoms with van der Waals surface area (Å²) >= 11 is 13.9. The highest BCUT2D eigenvalue weighted by atomic mass is 35.5. The van der Waals surface area contributed by atoms with Gasteiger partial charge in [-0.05, 0) is 48.7 Å². The number of hydrogen-bond acceptors (Lipinski definition) is 4. The van der Waals surface area contributed by atoms with E-state index in [1.165, 1.54) is 11.1 Å². The van der Waals surface area contributed by atoms with Gasteiger partial charge in [-0.25, -0.2) is 4.98 Å². The van der Waals surface area contributed by atoms with Crippen molar-refractivity contribution in [2.24, 2.45) is 0 Å². The van der Waals surface area contributed by atoms with Crippen molar-refractivity contribution in [3.63, 3.8) is 0 Å². The minimum Gasteiger partial charge on any atom is -0.343 e. The number of anilines is 2. The summed E-state index contributed by atoms with van der Waals surface area (Å²) in [5.74, 6) is -0.323. The van der Waals surface area contributed by atoms with Crippen LogP contribution in [-0.2, 0) is 0 Å². The first-order valence-corrected chi connectivity index (χ1v) is 10.9. The molecule has 1 amide bonds. The second-order valence-corrected chi connectivity index (χ2v) is 8.56. The summed E-state index contributed by atoms with van der Waals surface area (Å²) in [7, 11) is 0. The van der Waals surface area contributed by atoms with Crippen LogP contribution in [0.5, 0.6) is 0 Å². The van der Waals surface area contributed by atoms with Crippen LogP contribution in [-0.4, -0.2) is 24.0 Å². The van der Waals surface area contributed by atoms with Gasteiger partial charge in [0.1, 0.15) is 0 Å². The largest absolute Gasteiger partial charge is 0.343 e. The van der Waals surface area contributed by atoms with E-state index >= 15 is 0 Å². The highest BCUT2D eigenvalue weighted by Gasteiger charge is 2.20. The van der Waals surface area contributed by atoms with Crippen molar-refractivity contribution in [2.75, 3.05) is 23.3 Å². The first kappa shape index (κ1) is 20.0. The van der Waals surface area contributed by atoms with E-state index < -0.39 is 0 Å². The molecule has 7 heteroatoms. The monoisotopic (exact) mass is 443 g/mol. The van der Waals surface area contributed by atoms with Gasteiger partial charge in [0, 0.05) is 30.4 Å². The minimum absolute atomic E-state index is 0.282. The minimum atomic E-state index is -0.323. The third-order valence-corrected chi connectivity index (χ3v) is 6.45. The number of aromatic nitrogens is 1. The Morgan fingerprint density at radius 2 is 1.86 bits per heavy atom. The molecule has 1 aliphatic rings. The van der Waals surface area contributed by atoms with Crippen molar-refractivity contribution in [1.82, 2.24) is 4.98 Å². The molecule has 0 radical (unpaired) electrons. The number of carbonyl (C=O) groups excluding carboxylic acids is 1. The van der Waals surface area contributed by atoms with E-state index in [1.807, 2.05) is 35.8 Å². The summed E-state index contributed by atoms with van der Waals surface area (Å²) in [6.45, 7) is 4.00. The van der Waals surface area contributed by atoms with Crippen LogP contribution in [0, 0.1) is 0 Å². The second-order valence-electron chi connectivity index (χ2n) is 6.87. The lowest BCUT2D eigenvalue weighted by Crippen LogP contribution is -2.30. The van der Waals surface area contributed by atoms with Gasteiger partial charge in [0.05, 0.1) is 15.6 Å². The second kappa shape index (κ2) is 8.57. The summed E-state index contributed by atoms with van der Waals surface area (Å²) < 4.78 is 0. The van der Waals surface area contributed by atoms with E-state index in [4.69, 9.17) is 23.2 Å². The van der Waals surface area contributed by atoms with Crippen LogP contribution >= 0.6 is 34.5 Å². The lowest BCUT2D eigenvalue weighted by Gasteiger charge is -2.30. The maximum Gasteiger partial charge on any atom is 0.258 e. The van der Waals surface area contributed by atoms with E-state index in [-0.39, 0.29) is 11.5 Å². The Labute approximate surface area is 183 Å². The van der Waals surface area contributed by atoms with Crippen molar-refractivity contribution in [2.45, 2.75) is 13.3 Å². The van der Waals surface area contributed by atoms with E-state index in [0.717, 1.165) is 30.2 Å². The summed E-state index contributed by atoms with van der Waals surface area (Å²) in [5.41, 5.74) is 4.82. The molecule has 148 valence electrons. The van der Waals surface area contributed by atoms with Crippen molar-refractivity contribution in [1.29, 1.82) is 0 Å². The Morgan fingerprint density at radius 1 is 1.14 bits per heavy atom. The molecule has 3 aromatic rings. The maximum absolute atomic E-state index is 12.6. The predicted molar refractivity (Wildman–Crippen MR) is 122 cm³/mol. The molecule has 0 fully saturated rings. The number of carbonyl (C=O) groups is 1. The third-order valence-electron chi connectivity index (χ3n) is 4.99. The van der Waals surface area contributed by atoms with Gasteiger partial charge in [0.25, 0.3) is 5.91 Å². The fourth-order valence-corrected chi connectivity index (χ4v) is 4.63. The van der Waals surface area contributed by atoms with Crippen LogP contribution in [0.25, 0.3) is 5.57 Å². The van der Waals surface area contributed by atoms with Crippen LogP contribution in [0.15, 0.2) is 59.6 Å².